The fourth-order valence-electron chi connectivity index (χ4n) is 2.32. The van der Waals surface area contributed by atoms with Crippen molar-refractivity contribution < 1.29 is 23.5 Å². The lowest BCUT2D eigenvalue weighted by Gasteiger charge is -2.13. The lowest BCUT2D eigenvalue weighted by atomic mass is 10.1. The molecule has 118 valence electrons. The summed E-state index contributed by atoms with van der Waals surface area (Å²) in [6.45, 7) is 2.54. The van der Waals surface area contributed by atoms with Crippen molar-refractivity contribution in [3.05, 3.63) is 36.0 Å². The van der Waals surface area contributed by atoms with Crippen LogP contribution in [0.25, 0.3) is 10.9 Å². The van der Waals surface area contributed by atoms with Crippen LogP contribution in [0.1, 0.15) is 23.7 Å². The molecule has 0 aliphatic heterocycles. The zero-order chi connectivity index (χ0) is 16.3. The van der Waals surface area contributed by atoms with Gasteiger partial charge in [-0.1, -0.05) is 18.2 Å². The van der Waals surface area contributed by atoms with Crippen LogP contribution in [0.5, 0.6) is 0 Å². The molecule has 2 N–H and O–H groups in total. The van der Waals surface area contributed by atoms with Crippen molar-refractivity contribution in [3.8, 4) is 0 Å². The van der Waals surface area contributed by atoms with Gasteiger partial charge in [0.15, 0.2) is 0 Å². The number of hydrogen-bond acceptors (Lipinski definition) is 2. The Morgan fingerprint density at radius 2 is 2.00 bits per heavy atom. The van der Waals surface area contributed by atoms with Crippen LogP contribution < -0.4 is 5.32 Å². The first-order valence-corrected chi connectivity index (χ1v) is 6.83. The van der Waals surface area contributed by atoms with Crippen LogP contribution >= 0.6 is 0 Å². The SMILES string of the molecule is CCn1cc(C(=O)NC(CC(F)F)C(=O)O)c2ccccc21. The number of para-hydroxylation sites is 1. The van der Waals surface area contributed by atoms with Gasteiger partial charge in [0.2, 0.25) is 6.43 Å². The van der Waals surface area contributed by atoms with Crippen LogP contribution in [0.3, 0.4) is 0 Å². The second-order valence-corrected chi connectivity index (χ2v) is 4.84. The van der Waals surface area contributed by atoms with Gasteiger partial charge in [-0.15, -0.1) is 0 Å². The summed E-state index contributed by atoms with van der Waals surface area (Å²) in [7, 11) is 0. The number of carboxylic acids is 1. The summed E-state index contributed by atoms with van der Waals surface area (Å²) in [6.07, 6.45) is -2.13. The van der Waals surface area contributed by atoms with E-state index < -0.39 is 30.8 Å². The van der Waals surface area contributed by atoms with Gasteiger partial charge in [0.25, 0.3) is 5.91 Å². The molecule has 5 nitrogen and oxygen atoms in total. The molecule has 0 radical (unpaired) electrons. The molecule has 0 fully saturated rings. The first-order chi connectivity index (χ1) is 10.4. The summed E-state index contributed by atoms with van der Waals surface area (Å²) in [6, 6.07) is 5.54. The molecule has 0 bridgehead atoms. The quantitative estimate of drug-likeness (QED) is 0.861. The third kappa shape index (κ3) is 3.24. The smallest absolute Gasteiger partial charge is 0.326 e. The lowest BCUT2D eigenvalue weighted by Crippen LogP contribution is -2.42. The molecule has 0 aliphatic rings. The largest absolute Gasteiger partial charge is 0.480 e. The molecular weight excluding hydrogens is 294 g/mol. The minimum Gasteiger partial charge on any atom is -0.480 e. The molecule has 1 aromatic carbocycles. The van der Waals surface area contributed by atoms with Gasteiger partial charge in [0.05, 0.1) is 5.56 Å². The number of nitrogens with one attached hydrogen (secondary N) is 1. The molecule has 1 heterocycles. The van der Waals surface area contributed by atoms with Crippen LogP contribution in [0.15, 0.2) is 30.5 Å². The Balaban J connectivity index is 2.31. The molecule has 2 aromatic rings. The Labute approximate surface area is 125 Å². The van der Waals surface area contributed by atoms with E-state index in [-0.39, 0.29) is 5.56 Å². The van der Waals surface area contributed by atoms with Gasteiger partial charge in [0, 0.05) is 30.1 Å². The number of carboxylic acid groups (broad SMARTS) is 1. The van der Waals surface area contributed by atoms with E-state index in [9.17, 15) is 18.4 Å². The van der Waals surface area contributed by atoms with Crippen molar-refractivity contribution in [3.63, 3.8) is 0 Å². The van der Waals surface area contributed by atoms with Gasteiger partial charge in [0.1, 0.15) is 6.04 Å². The van der Waals surface area contributed by atoms with Crippen LogP contribution in [0.4, 0.5) is 8.78 Å². The average Bonchev–Trinajstić information content (AvgIpc) is 2.84. The summed E-state index contributed by atoms with van der Waals surface area (Å²) in [5.74, 6) is -2.15. The monoisotopic (exact) mass is 310 g/mol. The van der Waals surface area contributed by atoms with E-state index in [2.05, 4.69) is 5.32 Å². The van der Waals surface area contributed by atoms with E-state index in [1.165, 1.54) is 0 Å². The van der Waals surface area contributed by atoms with E-state index >= 15 is 0 Å². The van der Waals surface area contributed by atoms with Crippen LogP contribution in [0.2, 0.25) is 0 Å². The molecule has 2 rings (SSSR count). The number of carbonyl (C=O) groups excluding carboxylic acids is 1. The first-order valence-electron chi connectivity index (χ1n) is 6.83. The lowest BCUT2D eigenvalue weighted by molar-refractivity contribution is -0.140. The van der Waals surface area contributed by atoms with Gasteiger partial charge in [-0.2, -0.15) is 0 Å². The molecule has 0 saturated heterocycles. The van der Waals surface area contributed by atoms with Gasteiger partial charge < -0.3 is 15.0 Å². The number of hydrogen-bond donors (Lipinski definition) is 2. The van der Waals surface area contributed by atoms with E-state index in [0.717, 1.165) is 5.52 Å². The highest BCUT2D eigenvalue weighted by Gasteiger charge is 2.25. The molecule has 7 heteroatoms. The molecule has 1 atom stereocenters. The van der Waals surface area contributed by atoms with Gasteiger partial charge in [-0.3, -0.25) is 4.79 Å². The number of aliphatic carboxylic acids is 1. The molecular formula is C15H16F2N2O3. The number of benzene rings is 1. The fraction of sp³-hybridized carbons (Fsp3) is 0.333. The zero-order valence-electron chi connectivity index (χ0n) is 11.9. The molecule has 0 saturated carbocycles. The van der Waals surface area contributed by atoms with Crippen molar-refractivity contribution in [2.24, 2.45) is 0 Å². The molecule has 1 unspecified atom stereocenters. The van der Waals surface area contributed by atoms with Crippen molar-refractivity contribution in [2.75, 3.05) is 0 Å². The molecule has 0 aliphatic carbocycles. The van der Waals surface area contributed by atoms with Crippen molar-refractivity contribution >= 4 is 22.8 Å². The van der Waals surface area contributed by atoms with E-state index in [4.69, 9.17) is 5.11 Å². The highest BCUT2D eigenvalue weighted by atomic mass is 19.3. The maximum absolute atomic E-state index is 12.4. The predicted molar refractivity (Wildman–Crippen MR) is 77.1 cm³/mol. The molecule has 1 amide bonds. The minimum atomic E-state index is -2.81. The van der Waals surface area contributed by atoms with E-state index in [1.807, 2.05) is 23.6 Å². The number of amides is 1. The Kier molecular flexibility index (Phi) is 4.75. The number of aromatic nitrogens is 1. The van der Waals surface area contributed by atoms with Crippen LogP contribution in [0, 0.1) is 0 Å². The number of halogens is 2. The number of aryl methyl sites for hydroxylation is 1. The second-order valence-electron chi connectivity index (χ2n) is 4.84. The fourth-order valence-corrected chi connectivity index (χ4v) is 2.32. The maximum Gasteiger partial charge on any atom is 0.326 e. The summed E-state index contributed by atoms with van der Waals surface area (Å²) < 4.78 is 26.6. The number of alkyl halides is 2. The first kappa shape index (κ1) is 15.9. The summed E-state index contributed by atoms with van der Waals surface area (Å²) >= 11 is 0. The molecule has 22 heavy (non-hydrogen) atoms. The standard InChI is InChI=1S/C15H16F2N2O3/c1-2-19-8-10(9-5-3-4-6-12(9)19)14(20)18-11(15(21)22)7-13(16)17/h3-6,8,11,13H,2,7H2,1H3,(H,18,20)(H,21,22). The third-order valence-electron chi connectivity index (χ3n) is 3.39. The van der Waals surface area contributed by atoms with Crippen LogP contribution in [-0.2, 0) is 11.3 Å². The third-order valence-corrected chi connectivity index (χ3v) is 3.39. The zero-order valence-corrected chi connectivity index (χ0v) is 11.9. The summed E-state index contributed by atoms with van der Waals surface area (Å²) in [5, 5.41) is 11.7. The highest BCUT2D eigenvalue weighted by Crippen LogP contribution is 2.21. The van der Waals surface area contributed by atoms with Crippen molar-refractivity contribution in [1.82, 2.24) is 9.88 Å². The normalized spacial score (nSPS) is 12.5. The number of nitrogens with zero attached hydrogens (tertiary/aromatic N) is 1. The van der Waals surface area contributed by atoms with Gasteiger partial charge >= 0.3 is 5.97 Å². The number of fused-ring (bicyclic) bond motifs is 1. The molecule has 0 spiro atoms. The van der Waals surface area contributed by atoms with Crippen LogP contribution in [-0.4, -0.2) is 34.0 Å². The van der Waals surface area contributed by atoms with Crippen molar-refractivity contribution in [1.29, 1.82) is 0 Å². The Morgan fingerprint density at radius 1 is 1.32 bits per heavy atom. The number of carbonyl (C=O) groups is 2. The maximum atomic E-state index is 12.4. The Bertz CT molecular complexity index is 697. The van der Waals surface area contributed by atoms with E-state index in [0.29, 0.717) is 11.9 Å². The highest BCUT2D eigenvalue weighted by molar-refractivity contribution is 6.07. The summed E-state index contributed by atoms with van der Waals surface area (Å²) in [4.78, 5) is 23.2. The summed E-state index contributed by atoms with van der Waals surface area (Å²) in [5.41, 5.74) is 1.11. The van der Waals surface area contributed by atoms with Crippen molar-refractivity contribution in [2.45, 2.75) is 32.4 Å². The van der Waals surface area contributed by atoms with Gasteiger partial charge in [-0.05, 0) is 13.0 Å². The van der Waals surface area contributed by atoms with E-state index in [1.54, 1.807) is 18.3 Å². The average molecular weight is 310 g/mol. The topological polar surface area (TPSA) is 71.3 Å². The Morgan fingerprint density at radius 3 is 2.59 bits per heavy atom. The molecule has 1 aromatic heterocycles. The number of rotatable bonds is 6. The second kappa shape index (κ2) is 6.55. The predicted octanol–water partition coefficient (Wildman–Crippen LogP) is 2.50. The minimum absolute atomic E-state index is 0.276. The van der Waals surface area contributed by atoms with Gasteiger partial charge in [-0.25, -0.2) is 13.6 Å². The Hall–Kier alpha value is -2.44.